The molecule has 0 N–H and O–H groups in total. The highest BCUT2D eigenvalue weighted by Crippen LogP contribution is 2.32. The van der Waals surface area contributed by atoms with E-state index in [-0.39, 0.29) is 17.4 Å². The van der Waals surface area contributed by atoms with Crippen molar-refractivity contribution in [2.24, 2.45) is 0 Å². The average Bonchev–Trinajstić information content (AvgIpc) is 2.49. The van der Waals surface area contributed by atoms with E-state index in [0.29, 0.717) is 22.4 Å². The SMILES string of the molecule is O=c1c(-c2ccc(F)cc2)nc2cccnc2n1C1CCC1. The van der Waals surface area contributed by atoms with E-state index in [1.807, 2.05) is 6.07 Å². The van der Waals surface area contributed by atoms with Crippen LogP contribution in [0.15, 0.2) is 47.4 Å². The Hall–Kier alpha value is -2.56. The maximum Gasteiger partial charge on any atom is 0.278 e. The van der Waals surface area contributed by atoms with Crippen LogP contribution in [-0.2, 0) is 0 Å². The fourth-order valence-electron chi connectivity index (χ4n) is 2.82. The van der Waals surface area contributed by atoms with Crippen LogP contribution in [0.4, 0.5) is 4.39 Å². The van der Waals surface area contributed by atoms with Crippen molar-refractivity contribution in [2.75, 3.05) is 0 Å². The van der Waals surface area contributed by atoms with Gasteiger partial charge < -0.3 is 0 Å². The number of nitrogens with zero attached hydrogens (tertiary/aromatic N) is 3. The van der Waals surface area contributed by atoms with Crippen LogP contribution >= 0.6 is 0 Å². The number of hydrogen-bond donors (Lipinski definition) is 0. The zero-order valence-electron chi connectivity index (χ0n) is 11.9. The maximum absolute atomic E-state index is 13.1. The fourth-order valence-corrected chi connectivity index (χ4v) is 2.82. The summed E-state index contributed by atoms with van der Waals surface area (Å²) in [5, 5.41) is 0. The zero-order chi connectivity index (χ0) is 15.1. The second kappa shape index (κ2) is 5.02. The van der Waals surface area contributed by atoms with E-state index in [1.165, 1.54) is 12.1 Å². The van der Waals surface area contributed by atoms with Gasteiger partial charge in [-0.15, -0.1) is 0 Å². The first-order valence-electron chi connectivity index (χ1n) is 7.37. The zero-order valence-corrected chi connectivity index (χ0v) is 11.9. The van der Waals surface area contributed by atoms with Gasteiger partial charge in [-0.05, 0) is 55.7 Å². The predicted molar refractivity (Wildman–Crippen MR) is 82.1 cm³/mol. The minimum absolute atomic E-state index is 0.150. The Labute approximate surface area is 126 Å². The quantitative estimate of drug-likeness (QED) is 0.728. The molecule has 0 amide bonds. The van der Waals surface area contributed by atoms with Crippen molar-refractivity contribution < 1.29 is 4.39 Å². The van der Waals surface area contributed by atoms with Crippen LogP contribution in [0.25, 0.3) is 22.4 Å². The Morgan fingerprint density at radius 1 is 1.14 bits per heavy atom. The van der Waals surface area contributed by atoms with Crippen molar-refractivity contribution in [3.8, 4) is 11.3 Å². The van der Waals surface area contributed by atoms with Crippen LogP contribution in [0, 0.1) is 5.82 Å². The second-order valence-corrected chi connectivity index (χ2v) is 5.57. The molecule has 3 aromatic rings. The molecule has 0 saturated heterocycles. The van der Waals surface area contributed by atoms with Crippen LogP contribution in [-0.4, -0.2) is 14.5 Å². The van der Waals surface area contributed by atoms with Crippen molar-refractivity contribution in [1.82, 2.24) is 14.5 Å². The molecule has 110 valence electrons. The van der Waals surface area contributed by atoms with E-state index < -0.39 is 0 Å². The number of fused-ring (bicyclic) bond motifs is 1. The number of halogens is 1. The summed E-state index contributed by atoms with van der Waals surface area (Å²) in [5.41, 5.74) is 2.15. The van der Waals surface area contributed by atoms with Gasteiger partial charge in [0.05, 0.1) is 0 Å². The average molecular weight is 295 g/mol. The Morgan fingerprint density at radius 3 is 2.59 bits per heavy atom. The summed E-state index contributed by atoms with van der Waals surface area (Å²) in [6.07, 6.45) is 4.77. The third kappa shape index (κ3) is 2.01. The molecule has 0 aliphatic heterocycles. The number of hydrogen-bond acceptors (Lipinski definition) is 3. The molecule has 5 heteroatoms. The van der Waals surface area contributed by atoms with Gasteiger partial charge in [0.15, 0.2) is 5.65 Å². The van der Waals surface area contributed by atoms with E-state index in [4.69, 9.17) is 0 Å². The summed E-state index contributed by atoms with van der Waals surface area (Å²) in [7, 11) is 0. The standard InChI is InChI=1S/C17H14FN3O/c18-12-8-6-11(7-9-12)15-17(22)21(13-3-1-4-13)16-14(20-15)5-2-10-19-16/h2,5-10,13H,1,3-4H2. The van der Waals surface area contributed by atoms with Gasteiger partial charge in [-0.3, -0.25) is 9.36 Å². The molecule has 1 saturated carbocycles. The molecule has 1 aliphatic rings. The summed E-state index contributed by atoms with van der Waals surface area (Å²) < 4.78 is 14.9. The van der Waals surface area contributed by atoms with Crippen LogP contribution in [0.5, 0.6) is 0 Å². The van der Waals surface area contributed by atoms with E-state index in [1.54, 1.807) is 29.0 Å². The van der Waals surface area contributed by atoms with Gasteiger partial charge in [0.25, 0.3) is 5.56 Å². The molecule has 0 radical (unpaired) electrons. The summed E-state index contributed by atoms with van der Waals surface area (Å²) in [6, 6.07) is 9.71. The van der Waals surface area contributed by atoms with E-state index in [2.05, 4.69) is 9.97 Å². The van der Waals surface area contributed by atoms with E-state index in [9.17, 15) is 9.18 Å². The van der Waals surface area contributed by atoms with Crippen LogP contribution < -0.4 is 5.56 Å². The molecule has 4 nitrogen and oxygen atoms in total. The first-order chi connectivity index (χ1) is 10.7. The monoisotopic (exact) mass is 295 g/mol. The smallest absolute Gasteiger partial charge is 0.278 e. The van der Waals surface area contributed by atoms with Gasteiger partial charge in [0.1, 0.15) is 17.0 Å². The largest absolute Gasteiger partial charge is 0.286 e. The lowest BCUT2D eigenvalue weighted by Gasteiger charge is -2.28. The molecule has 4 rings (SSSR count). The highest BCUT2D eigenvalue weighted by atomic mass is 19.1. The van der Waals surface area contributed by atoms with E-state index in [0.717, 1.165) is 19.3 Å². The highest BCUT2D eigenvalue weighted by Gasteiger charge is 2.25. The maximum atomic E-state index is 13.1. The lowest BCUT2D eigenvalue weighted by molar-refractivity contribution is 0.313. The topological polar surface area (TPSA) is 47.8 Å². The number of benzene rings is 1. The third-order valence-corrected chi connectivity index (χ3v) is 4.21. The predicted octanol–water partition coefficient (Wildman–Crippen LogP) is 3.32. The van der Waals surface area contributed by atoms with Crippen molar-refractivity contribution in [2.45, 2.75) is 25.3 Å². The van der Waals surface area contributed by atoms with Crippen molar-refractivity contribution >= 4 is 11.2 Å². The van der Waals surface area contributed by atoms with Crippen molar-refractivity contribution in [3.05, 3.63) is 58.8 Å². The Balaban J connectivity index is 2.01. The summed E-state index contributed by atoms with van der Waals surface area (Å²) in [5.74, 6) is -0.328. The molecule has 0 bridgehead atoms. The fraction of sp³-hybridized carbons (Fsp3) is 0.235. The first kappa shape index (κ1) is 13.1. The van der Waals surface area contributed by atoms with Crippen LogP contribution in [0.1, 0.15) is 25.3 Å². The van der Waals surface area contributed by atoms with Gasteiger partial charge in [-0.1, -0.05) is 0 Å². The lowest BCUT2D eigenvalue weighted by Crippen LogP contribution is -2.31. The molecular formula is C17H14FN3O. The number of rotatable bonds is 2. The molecular weight excluding hydrogens is 281 g/mol. The molecule has 1 aromatic carbocycles. The minimum atomic E-state index is -0.328. The van der Waals surface area contributed by atoms with Crippen molar-refractivity contribution in [1.29, 1.82) is 0 Å². The summed E-state index contributed by atoms with van der Waals surface area (Å²) >= 11 is 0. The van der Waals surface area contributed by atoms with Gasteiger partial charge in [0, 0.05) is 17.8 Å². The molecule has 2 aromatic heterocycles. The van der Waals surface area contributed by atoms with Crippen LogP contribution in [0.3, 0.4) is 0 Å². The van der Waals surface area contributed by atoms with Gasteiger partial charge in [0.2, 0.25) is 0 Å². The Morgan fingerprint density at radius 2 is 1.91 bits per heavy atom. The van der Waals surface area contributed by atoms with Gasteiger partial charge in [-0.2, -0.15) is 0 Å². The molecule has 2 heterocycles. The molecule has 0 spiro atoms. The minimum Gasteiger partial charge on any atom is -0.286 e. The molecule has 0 unspecified atom stereocenters. The van der Waals surface area contributed by atoms with Gasteiger partial charge in [-0.25, -0.2) is 14.4 Å². The third-order valence-electron chi connectivity index (χ3n) is 4.21. The van der Waals surface area contributed by atoms with Crippen molar-refractivity contribution in [3.63, 3.8) is 0 Å². The highest BCUT2D eigenvalue weighted by molar-refractivity contribution is 5.74. The number of aromatic nitrogens is 3. The second-order valence-electron chi connectivity index (χ2n) is 5.57. The van der Waals surface area contributed by atoms with Crippen LogP contribution in [0.2, 0.25) is 0 Å². The molecule has 1 aliphatic carbocycles. The van der Waals surface area contributed by atoms with E-state index >= 15 is 0 Å². The number of pyridine rings is 1. The van der Waals surface area contributed by atoms with Gasteiger partial charge >= 0.3 is 0 Å². The Kier molecular flexibility index (Phi) is 2.99. The Bertz CT molecular complexity index is 898. The molecule has 0 atom stereocenters. The normalized spacial score (nSPS) is 15.0. The molecule has 1 fully saturated rings. The molecule has 22 heavy (non-hydrogen) atoms. The lowest BCUT2D eigenvalue weighted by atomic mass is 9.92. The first-order valence-corrected chi connectivity index (χ1v) is 7.37. The summed E-state index contributed by atoms with van der Waals surface area (Å²) in [6.45, 7) is 0. The summed E-state index contributed by atoms with van der Waals surface area (Å²) in [4.78, 5) is 21.7.